The van der Waals surface area contributed by atoms with E-state index in [9.17, 15) is 14.7 Å². The van der Waals surface area contributed by atoms with Crippen LogP contribution in [0.2, 0.25) is 0 Å². The molecule has 2 aliphatic heterocycles. The van der Waals surface area contributed by atoms with Crippen molar-refractivity contribution in [3.63, 3.8) is 0 Å². The molecule has 3 atom stereocenters. The summed E-state index contributed by atoms with van der Waals surface area (Å²) >= 11 is 0. The van der Waals surface area contributed by atoms with E-state index in [1.807, 2.05) is 66.1 Å². The number of benzene rings is 2. The highest BCUT2D eigenvalue weighted by molar-refractivity contribution is 5.79. The minimum absolute atomic E-state index is 0.0137. The Morgan fingerprint density at radius 3 is 2.37 bits per heavy atom. The van der Waals surface area contributed by atoms with E-state index in [-0.39, 0.29) is 18.4 Å². The first-order chi connectivity index (χ1) is 17.0. The lowest BCUT2D eigenvalue weighted by Gasteiger charge is -2.29. The molecule has 8 nitrogen and oxygen atoms in total. The second kappa shape index (κ2) is 11.0. The Morgan fingerprint density at radius 1 is 1.06 bits per heavy atom. The van der Waals surface area contributed by atoms with E-state index < -0.39 is 17.9 Å². The fourth-order valence-corrected chi connectivity index (χ4v) is 5.22. The predicted octanol–water partition coefficient (Wildman–Crippen LogP) is 3.57. The summed E-state index contributed by atoms with van der Waals surface area (Å²) in [5.41, 5.74) is 1.72. The van der Waals surface area contributed by atoms with Gasteiger partial charge < -0.3 is 24.2 Å². The number of amides is 1. The number of hydrogen-bond acceptors (Lipinski definition) is 6. The van der Waals surface area contributed by atoms with Crippen molar-refractivity contribution in [3.8, 4) is 17.2 Å². The van der Waals surface area contributed by atoms with Gasteiger partial charge in [0.15, 0.2) is 11.5 Å². The van der Waals surface area contributed by atoms with Crippen molar-refractivity contribution in [2.75, 3.05) is 46.5 Å². The average Bonchev–Trinajstić information content (AvgIpc) is 3.26. The zero-order valence-corrected chi connectivity index (χ0v) is 20.6. The zero-order valence-electron chi connectivity index (χ0n) is 20.6. The van der Waals surface area contributed by atoms with Gasteiger partial charge in [0, 0.05) is 31.6 Å². The third-order valence-electron chi connectivity index (χ3n) is 6.90. The van der Waals surface area contributed by atoms with Crippen LogP contribution in [0, 0.1) is 5.92 Å². The van der Waals surface area contributed by atoms with Gasteiger partial charge in [-0.1, -0.05) is 25.1 Å². The van der Waals surface area contributed by atoms with E-state index in [0.29, 0.717) is 50.1 Å². The monoisotopic (exact) mass is 482 g/mol. The Bertz CT molecular complexity index is 1040. The number of hydrogen-bond donors (Lipinski definition) is 1. The third kappa shape index (κ3) is 5.22. The van der Waals surface area contributed by atoms with Gasteiger partial charge in [-0.2, -0.15) is 0 Å². The number of ether oxygens (including phenoxy) is 3. The number of carbonyl (C=O) groups is 2. The highest BCUT2D eigenvalue weighted by atomic mass is 16.6. The molecule has 0 saturated carbocycles. The van der Waals surface area contributed by atoms with Crippen LogP contribution in [-0.4, -0.2) is 73.3 Å². The zero-order chi connectivity index (χ0) is 24.9. The van der Waals surface area contributed by atoms with Crippen LogP contribution >= 0.6 is 0 Å². The maximum Gasteiger partial charge on any atom is 0.309 e. The molecular weight excluding hydrogens is 448 g/mol. The fourth-order valence-electron chi connectivity index (χ4n) is 5.22. The number of likely N-dealkylation sites (tertiary alicyclic amines) is 1. The number of likely N-dealkylation sites (N-methyl/N-ethyl adjacent to an activating group) is 1. The molecule has 2 aromatic rings. The van der Waals surface area contributed by atoms with E-state index in [0.717, 1.165) is 17.5 Å². The van der Waals surface area contributed by atoms with Gasteiger partial charge in [-0.15, -0.1) is 0 Å². The lowest BCUT2D eigenvalue weighted by molar-refractivity contribution is -0.143. The normalized spacial score (nSPS) is 21.5. The molecule has 1 saturated heterocycles. The molecule has 4 rings (SSSR count). The molecule has 1 amide bonds. The molecule has 8 heteroatoms. The summed E-state index contributed by atoms with van der Waals surface area (Å²) in [4.78, 5) is 29.7. The first-order valence-electron chi connectivity index (χ1n) is 12.2. The highest BCUT2D eigenvalue weighted by Crippen LogP contribution is 2.47. The van der Waals surface area contributed by atoms with Crippen LogP contribution in [0.15, 0.2) is 42.5 Å². The van der Waals surface area contributed by atoms with E-state index in [1.165, 1.54) is 0 Å². The summed E-state index contributed by atoms with van der Waals surface area (Å²) < 4.78 is 16.7. The van der Waals surface area contributed by atoms with E-state index in [1.54, 1.807) is 7.11 Å². The minimum atomic E-state index is -0.887. The third-order valence-corrected chi connectivity index (χ3v) is 6.90. The van der Waals surface area contributed by atoms with Crippen LogP contribution in [0.4, 0.5) is 0 Å². The van der Waals surface area contributed by atoms with Gasteiger partial charge in [-0.3, -0.25) is 14.5 Å². The number of carboxylic acid groups (broad SMARTS) is 1. The van der Waals surface area contributed by atoms with Crippen molar-refractivity contribution < 1.29 is 28.9 Å². The van der Waals surface area contributed by atoms with Crippen LogP contribution in [-0.2, 0) is 9.59 Å². The van der Waals surface area contributed by atoms with Crippen LogP contribution in [0.1, 0.15) is 43.4 Å². The van der Waals surface area contributed by atoms with Gasteiger partial charge in [0.1, 0.15) is 19.0 Å². The summed E-state index contributed by atoms with van der Waals surface area (Å²) in [6.07, 6.45) is 0.874. The topological polar surface area (TPSA) is 88.5 Å². The number of carbonyl (C=O) groups excluding carboxylic acids is 1. The number of aliphatic carboxylic acids is 1. The second-order valence-electron chi connectivity index (χ2n) is 8.99. The SMILES string of the molecule is CCCN(CC)C(=O)CN1C[C@H](c2ccc3c(c2)OCCO3)[C@H](C(=O)O)[C@H]1c1ccc(OC)cc1. The summed E-state index contributed by atoms with van der Waals surface area (Å²) in [6.45, 7) is 6.89. The summed E-state index contributed by atoms with van der Waals surface area (Å²) in [7, 11) is 1.60. The second-order valence-corrected chi connectivity index (χ2v) is 8.99. The van der Waals surface area contributed by atoms with Crippen molar-refractivity contribution >= 4 is 11.9 Å². The Morgan fingerprint density at radius 2 is 1.74 bits per heavy atom. The van der Waals surface area contributed by atoms with Gasteiger partial charge in [-0.25, -0.2) is 0 Å². The van der Waals surface area contributed by atoms with Crippen molar-refractivity contribution in [1.82, 2.24) is 9.80 Å². The average molecular weight is 483 g/mol. The minimum Gasteiger partial charge on any atom is -0.497 e. The molecule has 2 aliphatic rings. The molecule has 1 N–H and O–H groups in total. The number of rotatable bonds is 9. The molecule has 0 aliphatic carbocycles. The summed E-state index contributed by atoms with van der Waals surface area (Å²) in [5.74, 6) is 0.0749. The van der Waals surface area contributed by atoms with Crippen molar-refractivity contribution in [1.29, 1.82) is 0 Å². The van der Waals surface area contributed by atoms with Crippen LogP contribution in [0.25, 0.3) is 0 Å². The molecule has 0 aromatic heterocycles. The quantitative estimate of drug-likeness (QED) is 0.585. The first-order valence-corrected chi connectivity index (χ1v) is 12.2. The Kier molecular flexibility index (Phi) is 7.80. The van der Waals surface area contributed by atoms with E-state index in [4.69, 9.17) is 14.2 Å². The number of fused-ring (bicyclic) bond motifs is 1. The molecule has 0 spiro atoms. The molecule has 188 valence electrons. The number of carboxylic acids is 1. The van der Waals surface area contributed by atoms with Gasteiger partial charge in [0.25, 0.3) is 0 Å². The standard InChI is InChI=1S/C27H34N2O6/c1-4-12-28(5-2)24(30)17-29-16-21(19-8-11-22-23(15-19)35-14-13-34-22)25(27(31)32)26(29)18-6-9-20(33-3)10-7-18/h6-11,15,21,25-26H,4-5,12-14,16-17H2,1-3H3,(H,31,32)/t21-,25+,26-/m1/s1. The van der Waals surface area contributed by atoms with Gasteiger partial charge >= 0.3 is 5.97 Å². The van der Waals surface area contributed by atoms with Crippen molar-refractivity contribution in [2.24, 2.45) is 5.92 Å². The van der Waals surface area contributed by atoms with Crippen molar-refractivity contribution in [2.45, 2.75) is 32.2 Å². The molecule has 2 aromatic carbocycles. The molecule has 0 radical (unpaired) electrons. The van der Waals surface area contributed by atoms with Gasteiger partial charge in [0.05, 0.1) is 19.6 Å². The molecule has 0 unspecified atom stereocenters. The largest absolute Gasteiger partial charge is 0.497 e. The van der Waals surface area contributed by atoms with Crippen molar-refractivity contribution in [3.05, 3.63) is 53.6 Å². The van der Waals surface area contributed by atoms with Crippen LogP contribution in [0.5, 0.6) is 17.2 Å². The Hall–Kier alpha value is -3.26. The van der Waals surface area contributed by atoms with Gasteiger partial charge in [0.2, 0.25) is 5.91 Å². The fraction of sp³-hybridized carbons (Fsp3) is 0.481. The predicted molar refractivity (Wildman–Crippen MR) is 131 cm³/mol. The molecule has 35 heavy (non-hydrogen) atoms. The molecular formula is C27H34N2O6. The highest BCUT2D eigenvalue weighted by Gasteiger charge is 2.48. The smallest absolute Gasteiger partial charge is 0.309 e. The molecule has 2 heterocycles. The van der Waals surface area contributed by atoms with E-state index in [2.05, 4.69) is 0 Å². The summed E-state index contributed by atoms with van der Waals surface area (Å²) in [6, 6.07) is 12.7. The lowest BCUT2D eigenvalue weighted by Crippen LogP contribution is -2.41. The Labute approximate surface area is 206 Å². The van der Waals surface area contributed by atoms with Crippen LogP contribution in [0.3, 0.4) is 0 Å². The molecule has 1 fully saturated rings. The van der Waals surface area contributed by atoms with E-state index >= 15 is 0 Å². The summed E-state index contributed by atoms with van der Waals surface area (Å²) in [5, 5.41) is 10.4. The number of methoxy groups -OCH3 is 1. The maximum absolute atomic E-state index is 13.2. The first kappa shape index (κ1) is 24.9. The molecule has 0 bridgehead atoms. The van der Waals surface area contributed by atoms with Crippen LogP contribution < -0.4 is 14.2 Å². The lowest BCUT2D eigenvalue weighted by atomic mass is 9.82. The number of nitrogens with zero attached hydrogens (tertiary/aromatic N) is 2. The maximum atomic E-state index is 13.2. The Balaban J connectivity index is 1.71. The van der Waals surface area contributed by atoms with Gasteiger partial charge in [-0.05, 0) is 48.7 Å².